The highest BCUT2D eigenvalue weighted by Crippen LogP contribution is 2.14. The van der Waals surface area contributed by atoms with Gasteiger partial charge in [0.25, 0.3) is 0 Å². The molecule has 1 atom stereocenters. The molecule has 0 heterocycles. The molecule has 0 aliphatic heterocycles. The van der Waals surface area contributed by atoms with Gasteiger partial charge in [0.2, 0.25) is 11.8 Å². The maximum Gasteiger partial charge on any atom is 0.220 e. The molecular weight excluding hydrogens is 564 g/mol. The average molecular weight is 643 g/mol. The van der Waals surface area contributed by atoms with Crippen LogP contribution in [0.1, 0.15) is 207 Å². The molecule has 0 bridgehead atoms. The van der Waals surface area contributed by atoms with Gasteiger partial charge in [-0.05, 0) is 77.6 Å². The highest BCUT2D eigenvalue weighted by atomic mass is 16.2. The number of hydrogen-bond acceptors (Lipinski definition) is 2. The van der Waals surface area contributed by atoms with Crippen molar-refractivity contribution in [1.29, 1.82) is 0 Å². The van der Waals surface area contributed by atoms with Gasteiger partial charge in [0.05, 0.1) is 0 Å². The minimum atomic E-state index is 0.166. The maximum absolute atomic E-state index is 12.3. The summed E-state index contributed by atoms with van der Waals surface area (Å²) in [6.07, 6.45) is 48.1. The summed E-state index contributed by atoms with van der Waals surface area (Å²) in [7, 11) is 0. The molecule has 0 aromatic heterocycles. The summed E-state index contributed by atoms with van der Waals surface area (Å²) in [5, 5.41) is 6.22. The Labute approximate surface area is 287 Å². The second-order valence-corrected chi connectivity index (χ2v) is 13.6. The van der Waals surface area contributed by atoms with E-state index in [1.807, 2.05) is 0 Å². The minimum Gasteiger partial charge on any atom is -0.356 e. The lowest BCUT2D eigenvalue weighted by molar-refractivity contribution is -0.122. The van der Waals surface area contributed by atoms with E-state index in [0.717, 1.165) is 64.3 Å². The van der Waals surface area contributed by atoms with E-state index in [1.54, 1.807) is 0 Å². The van der Waals surface area contributed by atoms with Crippen LogP contribution in [0.2, 0.25) is 0 Å². The van der Waals surface area contributed by atoms with E-state index in [4.69, 9.17) is 0 Å². The van der Waals surface area contributed by atoms with Crippen molar-refractivity contribution in [2.24, 2.45) is 0 Å². The molecule has 0 aliphatic carbocycles. The number of amides is 2. The van der Waals surface area contributed by atoms with Crippen LogP contribution in [0.3, 0.4) is 0 Å². The number of carbonyl (C=O) groups excluding carboxylic acids is 2. The van der Waals surface area contributed by atoms with Crippen LogP contribution in [0.15, 0.2) is 36.5 Å². The summed E-state index contributed by atoms with van der Waals surface area (Å²) in [4.78, 5) is 24.4. The SMILES string of the molecule is CCCCC/C=C\C/C=C\C/C=C\CCCCC(=O)NCCCC[C@@H](C)NC(=O)CCCCCCCCCCCCCCCCC. The van der Waals surface area contributed by atoms with E-state index in [-0.39, 0.29) is 17.9 Å². The second-order valence-electron chi connectivity index (χ2n) is 13.6. The molecule has 268 valence electrons. The molecule has 0 spiro atoms. The van der Waals surface area contributed by atoms with E-state index < -0.39 is 0 Å². The number of hydrogen-bond donors (Lipinski definition) is 2. The van der Waals surface area contributed by atoms with Gasteiger partial charge >= 0.3 is 0 Å². The number of carbonyl (C=O) groups is 2. The van der Waals surface area contributed by atoms with Gasteiger partial charge in [0.15, 0.2) is 0 Å². The van der Waals surface area contributed by atoms with Gasteiger partial charge in [-0.3, -0.25) is 9.59 Å². The van der Waals surface area contributed by atoms with Crippen LogP contribution in [0, 0.1) is 0 Å². The zero-order chi connectivity index (χ0) is 33.6. The highest BCUT2D eigenvalue weighted by molar-refractivity contribution is 5.76. The van der Waals surface area contributed by atoms with Gasteiger partial charge in [0.1, 0.15) is 0 Å². The van der Waals surface area contributed by atoms with E-state index in [0.29, 0.717) is 12.8 Å². The Morgan fingerprint density at radius 1 is 0.478 bits per heavy atom. The molecule has 4 heteroatoms. The number of allylic oxidation sites excluding steroid dienone is 6. The van der Waals surface area contributed by atoms with Crippen molar-refractivity contribution >= 4 is 11.8 Å². The van der Waals surface area contributed by atoms with Crippen LogP contribution in [0.25, 0.3) is 0 Å². The van der Waals surface area contributed by atoms with E-state index >= 15 is 0 Å². The van der Waals surface area contributed by atoms with Crippen LogP contribution in [-0.2, 0) is 9.59 Å². The third-order valence-corrected chi connectivity index (χ3v) is 8.84. The van der Waals surface area contributed by atoms with E-state index in [9.17, 15) is 9.59 Å². The van der Waals surface area contributed by atoms with Gasteiger partial charge in [-0.15, -0.1) is 0 Å². The van der Waals surface area contributed by atoms with Crippen molar-refractivity contribution in [3.05, 3.63) is 36.5 Å². The first kappa shape index (κ1) is 44.2. The Morgan fingerprint density at radius 3 is 1.43 bits per heavy atom. The fourth-order valence-electron chi connectivity index (χ4n) is 5.81. The Hall–Kier alpha value is -1.84. The minimum absolute atomic E-state index is 0.166. The first-order valence-corrected chi connectivity index (χ1v) is 20.1. The molecule has 0 aliphatic rings. The van der Waals surface area contributed by atoms with Crippen LogP contribution in [0.5, 0.6) is 0 Å². The fourth-order valence-corrected chi connectivity index (χ4v) is 5.81. The topological polar surface area (TPSA) is 58.2 Å². The van der Waals surface area contributed by atoms with E-state index in [2.05, 4.69) is 67.9 Å². The molecule has 2 N–H and O–H groups in total. The van der Waals surface area contributed by atoms with Crippen LogP contribution >= 0.6 is 0 Å². The molecule has 0 unspecified atom stereocenters. The summed E-state index contributed by atoms with van der Waals surface area (Å²) in [6.45, 7) is 7.36. The third-order valence-electron chi connectivity index (χ3n) is 8.84. The molecule has 2 amide bonds. The monoisotopic (exact) mass is 643 g/mol. The van der Waals surface area contributed by atoms with Crippen molar-refractivity contribution < 1.29 is 9.59 Å². The molecule has 0 aromatic rings. The molecule has 0 saturated carbocycles. The van der Waals surface area contributed by atoms with Crippen molar-refractivity contribution in [3.63, 3.8) is 0 Å². The maximum atomic E-state index is 12.3. The predicted octanol–water partition coefficient (Wildman–Crippen LogP) is 12.6. The highest BCUT2D eigenvalue weighted by Gasteiger charge is 2.07. The van der Waals surface area contributed by atoms with Crippen molar-refractivity contribution in [2.75, 3.05) is 6.54 Å². The van der Waals surface area contributed by atoms with Gasteiger partial charge in [-0.2, -0.15) is 0 Å². The molecule has 0 rings (SSSR count). The third kappa shape index (κ3) is 36.6. The summed E-state index contributed by atoms with van der Waals surface area (Å²) in [5.74, 6) is 0.363. The molecule has 0 saturated heterocycles. The largest absolute Gasteiger partial charge is 0.356 e. The summed E-state index contributed by atoms with van der Waals surface area (Å²) >= 11 is 0. The Kier molecular flexibility index (Phi) is 36.1. The van der Waals surface area contributed by atoms with Gasteiger partial charge in [-0.1, -0.05) is 153 Å². The first-order chi connectivity index (χ1) is 22.6. The first-order valence-electron chi connectivity index (χ1n) is 20.1. The van der Waals surface area contributed by atoms with Crippen molar-refractivity contribution in [1.82, 2.24) is 10.6 Å². The zero-order valence-electron chi connectivity index (χ0n) is 31.1. The Morgan fingerprint density at radius 2 is 0.891 bits per heavy atom. The second kappa shape index (κ2) is 37.6. The normalized spacial score (nSPS) is 12.5. The van der Waals surface area contributed by atoms with Gasteiger partial charge in [0, 0.05) is 25.4 Å². The lowest BCUT2D eigenvalue weighted by Gasteiger charge is -2.14. The van der Waals surface area contributed by atoms with Gasteiger partial charge in [-0.25, -0.2) is 0 Å². The van der Waals surface area contributed by atoms with Gasteiger partial charge < -0.3 is 10.6 Å². The number of nitrogens with one attached hydrogen (secondary N) is 2. The Bertz CT molecular complexity index is 742. The molecule has 0 fully saturated rings. The number of rotatable bonds is 35. The van der Waals surface area contributed by atoms with Crippen molar-refractivity contribution in [2.45, 2.75) is 213 Å². The van der Waals surface area contributed by atoms with Crippen LogP contribution in [0.4, 0.5) is 0 Å². The van der Waals surface area contributed by atoms with Crippen LogP contribution < -0.4 is 10.6 Å². The lowest BCUT2D eigenvalue weighted by Crippen LogP contribution is -2.32. The standard InChI is InChI=1S/C42H78N2O2/c1-4-6-8-10-12-14-16-18-20-22-24-26-28-30-32-37-41(45)43-39-35-34-36-40(3)44-42(46)38-33-31-29-27-25-23-21-19-17-15-13-11-9-7-5-2/h12,14,18,20,24,26,40H,4-11,13,15-17,19,21-23,25,27-39H2,1-3H3,(H,43,45)(H,44,46)/b14-12-,20-18-,26-24-/t40-/m1/s1. The summed E-state index contributed by atoms with van der Waals surface area (Å²) in [5.41, 5.74) is 0. The molecule has 0 radical (unpaired) electrons. The summed E-state index contributed by atoms with van der Waals surface area (Å²) < 4.78 is 0. The predicted molar refractivity (Wildman–Crippen MR) is 203 cm³/mol. The average Bonchev–Trinajstić information content (AvgIpc) is 3.04. The molecule has 4 nitrogen and oxygen atoms in total. The number of unbranched alkanes of at least 4 members (excludes halogenated alkanes) is 20. The molecular formula is C42H78N2O2. The summed E-state index contributed by atoms with van der Waals surface area (Å²) in [6, 6.07) is 0.209. The quantitative estimate of drug-likeness (QED) is 0.0534. The van der Waals surface area contributed by atoms with Crippen molar-refractivity contribution in [3.8, 4) is 0 Å². The molecule has 46 heavy (non-hydrogen) atoms. The molecule has 0 aromatic carbocycles. The van der Waals surface area contributed by atoms with Crippen LogP contribution in [-0.4, -0.2) is 24.4 Å². The van der Waals surface area contributed by atoms with E-state index in [1.165, 1.54) is 116 Å². The fraction of sp³-hybridized carbons (Fsp3) is 0.810. The lowest BCUT2D eigenvalue weighted by atomic mass is 10.0. The Balaban J connectivity index is 3.46. The zero-order valence-corrected chi connectivity index (χ0v) is 31.1. The smallest absolute Gasteiger partial charge is 0.220 e.